The number of carbonyl (C=O) groups excluding carboxylic acids is 2. The fraction of sp³-hybridized carbons (Fsp3) is 0.357. The average Bonchev–Trinajstić information content (AvgIpc) is 2.45. The van der Waals surface area contributed by atoms with E-state index < -0.39 is 5.97 Å². The van der Waals surface area contributed by atoms with Crippen LogP contribution in [0.2, 0.25) is 0 Å². The van der Waals surface area contributed by atoms with Crippen LogP contribution < -0.4 is 4.74 Å². The molecule has 112 valence electrons. The molecule has 7 heteroatoms. The first-order valence-electron chi connectivity index (χ1n) is 6.45. The lowest BCUT2D eigenvalue weighted by Gasteiger charge is -2.31. The fourth-order valence-electron chi connectivity index (χ4n) is 1.93. The van der Waals surface area contributed by atoms with E-state index in [2.05, 4.69) is 0 Å². The molecule has 0 aromatic heterocycles. The van der Waals surface area contributed by atoms with E-state index in [1.54, 1.807) is 19.2 Å². The maximum atomic E-state index is 11.7. The number of nitrogens with zero attached hydrogens (tertiary/aromatic N) is 2. The van der Waals surface area contributed by atoms with Gasteiger partial charge in [0.05, 0.1) is 25.2 Å². The maximum Gasteiger partial charge on any atom is 0.335 e. The molecule has 0 unspecified atom stereocenters. The summed E-state index contributed by atoms with van der Waals surface area (Å²) in [7, 11) is 1.60. The molecule has 21 heavy (non-hydrogen) atoms. The zero-order chi connectivity index (χ0) is 15.4. The van der Waals surface area contributed by atoms with Gasteiger partial charge in [0.1, 0.15) is 12.4 Å². The molecule has 0 atom stereocenters. The molecule has 1 saturated heterocycles. The van der Waals surface area contributed by atoms with E-state index in [4.69, 9.17) is 9.84 Å². The van der Waals surface area contributed by atoms with Gasteiger partial charge in [-0.1, -0.05) is 0 Å². The van der Waals surface area contributed by atoms with Crippen LogP contribution in [0.4, 0.5) is 0 Å². The van der Waals surface area contributed by atoms with E-state index in [0.29, 0.717) is 12.3 Å². The zero-order valence-electron chi connectivity index (χ0n) is 11.6. The summed E-state index contributed by atoms with van der Waals surface area (Å²) in [6.45, 7) is 0.719. The van der Waals surface area contributed by atoms with Crippen LogP contribution in [-0.2, 0) is 9.59 Å². The minimum atomic E-state index is -0.997. The lowest BCUT2D eigenvalue weighted by Crippen LogP contribution is -2.53. The van der Waals surface area contributed by atoms with Gasteiger partial charge >= 0.3 is 5.97 Å². The highest BCUT2D eigenvalue weighted by molar-refractivity contribution is 5.92. The molecule has 1 N–H and O–H groups in total. The van der Waals surface area contributed by atoms with Gasteiger partial charge in [-0.2, -0.15) is 0 Å². The number of benzene rings is 1. The normalized spacial score (nSPS) is 15.3. The van der Waals surface area contributed by atoms with Crippen molar-refractivity contribution < 1.29 is 24.2 Å². The standard InChI is InChI=1S/C14H16N2O5/c1-15-8-13(18)16(9-12(15)17)6-7-21-11-4-2-10(3-5-11)14(19)20/h2-5H,6-9H2,1H3,(H,19,20). The zero-order valence-corrected chi connectivity index (χ0v) is 11.6. The number of amides is 2. The van der Waals surface area contributed by atoms with E-state index in [1.165, 1.54) is 21.9 Å². The monoisotopic (exact) mass is 292 g/mol. The van der Waals surface area contributed by atoms with E-state index in [9.17, 15) is 14.4 Å². The number of aromatic carboxylic acids is 1. The second kappa shape index (κ2) is 6.25. The van der Waals surface area contributed by atoms with Crippen LogP contribution in [0.15, 0.2) is 24.3 Å². The number of hydrogen-bond acceptors (Lipinski definition) is 4. The van der Waals surface area contributed by atoms with Crippen molar-refractivity contribution in [2.75, 3.05) is 33.3 Å². The van der Waals surface area contributed by atoms with Gasteiger partial charge in [-0.15, -0.1) is 0 Å². The lowest BCUT2D eigenvalue weighted by atomic mass is 10.2. The van der Waals surface area contributed by atoms with Crippen LogP contribution in [-0.4, -0.2) is 66.0 Å². The SMILES string of the molecule is CN1CC(=O)N(CCOc2ccc(C(=O)O)cc2)CC1=O. The Morgan fingerprint density at radius 2 is 1.86 bits per heavy atom. The molecule has 1 aromatic rings. The lowest BCUT2D eigenvalue weighted by molar-refractivity contribution is -0.149. The summed E-state index contributed by atoms with van der Waals surface area (Å²) in [5.41, 5.74) is 0.183. The Bertz CT molecular complexity index is 555. The first-order valence-corrected chi connectivity index (χ1v) is 6.45. The fourth-order valence-corrected chi connectivity index (χ4v) is 1.93. The smallest absolute Gasteiger partial charge is 0.335 e. The van der Waals surface area contributed by atoms with Gasteiger partial charge in [0, 0.05) is 7.05 Å². The molecule has 2 rings (SSSR count). The van der Waals surface area contributed by atoms with Crippen LogP contribution in [0, 0.1) is 0 Å². The van der Waals surface area contributed by atoms with Crippen LogP contribution in [0.25, 0.3) is 0 Å². The van der Waals surface area contributed by atoms with Crippen LogP contribution >= 0.6 is 0 Å². The first-order chi connectivity index (χ1) is 9.97. The Hall–Kier alpha value is -2.57. The molecule has 7 nitrogen and oxygen atoms in total. The van der Waals surface area contributed by atoms with E-state index in [-0.39, 0.29) is 37.1 Å². The molecule has 1 aliphatic heterocycles. The maximum absolute atomic E-state index is 11.7. The van der Waals surface area contributed by atoms with Gasteiger partial charge < -0.3 is 19.6 Å². The Balaban J connectivity index is 1.82. The topological polar surface area (TPSA) is 87.2 Å². The summed E-state index contributed by atoms with van der Waals surface area (Å²) in [6.07, 6.45) is 0. The number of likely N-dealkylation sites (N-methyl/N-ethyl adjacent to an activating group) is 1. The average molecular weight is 292 g/mol. The summed E-state index contributed by atoms with van der Waals surface area (Å²) >= 11 is 0. The van der Waals surface area contributed by atoms with Crippen molar-refractivity contribution in [1.82, 2.24) is 9.80 Å². The van der Waals surface area contributed by atoms with Crippen LogP contribution in [0.1, 0.15) is 10.4 Å². The minimum Gasteiger partial charge on any atom is -0.492 e. The predicted molar refractivity (Wildman–Crippen MR) is 73.1 cm³/mol. The van der Waals surface area contributed by atoms with Crippen molar-refractivity contribution in [1.29, 1.82) is 0 Å². The number of carboxylic acid groups (broad SMARTS) is 1. The molecule has 2 amide bonds. The number of rotatable bonds is 5. The van der Waals surface area contributed by atoms with E-state index >= 15 is 0 Å². The summed E-state index contributed by atoms with van der Waals surface area (Å²) in [6, 6.07) is 6.01. The second-order valence-corrected chi connectivity index (χ2v) is 4.74. The van der Waals surface area contributed by atoms with Crippen molar-refractivity contribution in [2.24, 2.45) is 0 Å². The Morgan fingerprint density at radius 3 is 2.48 bits per heavy atom. The highest BCUT2D eigenvalue weighted by Crippen LogP contribution is 2.12. The van der Waals surface area contributed by atoms with E-state index in [1.807, 2.05) is 0 Å². The predicted octanol–water partition coefficient (Wildman–Crippen LogP) is 0.0642. The molecule has 0 spiro atoms. The van der Waals surface area contributed by atoms with Gasteiger partial charge in [0.2, 0.25) is 11.8 Å². The molecule has 0 radical (unpaired) electrons. The van der Waals surface area contributed by atoms with Crippen molar-refractivity contribution in [3.63, 3.8) is 0 Å². The Kier molecular flexibility index (Phi) is 4.42. The molecule has 0 saturated carbocycles. The van der Waals surface area contributed by atoms with Gasteiger partial charge in [-0.3, -0.25) is 9.59 Å². The van der Waals surface area contributed by atoms with Crippen molar-refractivity contribution in [3.05, 3.63) is 29.8 Å². The highest BCUT2D eigenvalue weighted by atomic mass is 16.5. The van der Waals surface area contributed by atoms with Crippen molar-refractivity contribution in [3.8, 4) is 5.75 Å². The second-order valence-electron chi connectivity index (χ2n) is 4.74. The summed E-state index contributed by atoms with van der Waals surface area (Å²) in [4.78, 5) is 36.8. The molecular formula is C14H16N2O5. The van der Waals surface area contributed by atoms with Crippen molar-refractivity contribution in [2.45, 2.75) is 0 Å². The van der Waals surface area contributed by atoms with E-state index in [0.717, 1.165) is 0 Å². The van der Waals surface area contributed by atoms with Gasteiger partial charge in [0.25, 0.3) is 0 Å². The Morgan fingerprint density at radius 1 is 1.19 bits per heavy atom. The molecular weight excluding hydrogens is 276 g/mol. The summed E-state index contributed by atoms with van der Waals surface area (Å²) in [5.74, 6) is -0.682. The van der Waals surface area contributed by atoms with Gasteiger partial charge in [-0.25, -0.2) is 4.79 Å². The quantitative estimate of drug-likeness (QED) is 0.829. The number of piperazine rings is 1. The number of hydrogen-bond donors (Lipinski definition) is 1. The van der Waals surface area contributed by atoms with Gasteiger partial charge in [0.15, 0.2) is 0 Å². The molecule has 0 aliphatic carbocycles. The summed E-state index contributed by atoms with van der Waals surface area (Å²) in [5, 5.41) is 8.78. The molecule has 1 fully saturated rings. The van der Waals surface area contributed by atoms with Crippen molar-refractivity contribution >= 4 is 17.8 Å². The largest absolute Gasteiger partial charge is 0.492 e. The molecule has 1 aliphatic rings. The molecule has 1 aromatic carbocycles. The third kappa shape index (κ3) is 3.71. The van der Waals surface area contributed by atoms with Crippen LogP contribution in [0.3, 0.4) is 0 Å². The molecule has 0 bridgehead atoms. The number of carbonyl (C=O) groups is 3. The first kappa shape index (κ1) is 14.8. The number of carboxylic acids is 1. The molecule has 1 heterocycles. The van der Waals surface area contributed by atoms with Gasteiger partial charge in [-0.05, 0) is 24.3 Å². The number of ether oxygens (including phenoxy) is 1. The highest BCUT2D eigenvalue weighted by Gasteiger charge is 2.26. The minimum absolute atomic E-state index is 0.0661. The third-order valence-corrected chi connectivity index (χ3v) is 3.21. The third-order valence-electron chi connectivity index (χ3n) is 3.21. The Labute approximate surface area is 121 Å². The van der Waals surface area contributed by atoms with Crippen LogP contribution in [0.5, 0.6) is 5.75 Å². The summed E-state index contributed by atoms with van der Waals surface area (Å²) < 4.78 is 5.44.